The molecule has 31 heavy (non-hydrogen) atoms. The second kappa shape index (κ2) is 10.4. The van der Waals surface area contributed by atoms with E-state index in [1.165, 1.54) is 6.92 Å². The fraction of sp³-hybridized carbons (Fsp3) is 0.300. The number of halogens is 3. The molecule has 0 saturated carbocycles. The maximum atomic E-state index is 13.2. The van der Waals surface area contributed by atoms with Crippen molar-refractivity contribution in [2.45, 2.75) is 32.0 Å². The number of carbonyl (C=O) groups excluding carboxylic acids is 2. The monoisotopic (exact) mass is 440 g/mol. The number of ether oxygens (including phenoxy) is 2. The molecule has 0 spiro atoms. The second-order valence-electron chi connectivity index (χ2n) is 6.37. The molecule has 0 aliphatic carbocycles. The fourth-order valence-corrected chi connectivity index (χ4v) is 2.46. The van der Waals surface area contributed by atoms with Crippen LogP contribution in [-0.4, -0.2) is 29.5 Å². The highest BCUT2D eigenvalue weighted by Gasteiger charge is 2.36. The van der Waals surface area contributed by atoms with Crippen molar-refractivity contribution in [2.24, 2.45) is 0 Å². The number of nitro benzene ring substituents is 1. The highest BCUT2D eigenvalue weighted by molar-refractivity contribution is 5.96. The van der Waals surface area contributed by atoms with Gasteiger partial charge in [-0.05, 0) is 31.5 Å². The van der Waals surface area contributed by atoms with E-state index in [2.05, 4.69) is 0 Å². The Morgan fingerprint density at radius 3 is 2.45 bits per heavy atom. The molecule has 166 valence electrons. The number of non-ortho nitro benzene ring substituents is 1. The van der Waals surface area contributed by atoms with Crippen molar-refractivity contribution in [2.75, 3.05) is 11.9 Å². The Bertz CT molecular complexity index is 934. The van der Waals surface area contributed by atoms with Crippen LogP contribution in [0.25, 0.3) is 0 Å². The Kier molecular flexibility index (Phi) is 7.94. The van der Waals surface area contributed by atoms with E-state index in [0.717, 1.165) is 12.1 Å². The Morgan fingerprint density at radius 2 is 1.84 bits per heavy atom. The molecule has 2 rings (SSSR count). The summed E-state index contributed by atoms with van der Waals surface area (Å²) in [5.74, 6) is -1.10. The lowest BCUT2D eigenvalue weighted by Crippen LogP contribution is -2.30. The van der Waals surface area contributed by atoms with Gasteiger partial charge < -0.3 is 14.8 Å². The number of carbonyl (C=O) groups is 2. The number of benzene rings is 2. The van der Waals surface area contributed by atoms with Crippen LogP contribution >= 0.6 is 0 Å². The quantitative estimate of drug-likeness (QED) is 0.269. The highest BCUT2D eigenvalue weighted by Crippen LogP contribution is 2.37. The number of para-hydroxylation sites is 1. The van der Waals surface area contributed by atoms with Gasteiger partial charge in [-0.25, -0.2) is 0 Å². The van der Waals surface area contributed by atoms with Crippen LogP contribution < -0.4 is 10.1 Å². The van der Waals surface area contributed by atoms with Crippen LogP contribution in [0.15, 0.2) is 48.5 Å². The van der Waals surface area contributed by atoms with Crippen LogP contribution in [0.2, 0.25) is 0 Å². The third-order valence-corrected chi connectivity index (χ3v) is 3.99. The van der Waals surface area contributed by atoms with Crippen molar-refractivity contribution in [3.05, 3.63) is 64.2 Å². The standard InChI is InChI=1S/C20H19F3N2O6/c1-13(31-18(26)8-5-11-30-15-6-3-2-4-7-15)19(27)24-17-10-9-14(25(28)29)12-16(17)20(21,22)23/h2-4,6-7,9-10,12-13H,5,8,11H2,1H3,(H,24,27). The van der Waals surface area contributed by atoms with Crippen LogP contribution in [0.5, 0.6) is 5.75 Å². The number of nitro groups is 1. The van der Waals surface area contributed by atoms with Crippen LogP contribution in [0.1, 0.15) is 25.3 Å². The van der Waals surface area contributed by atoms with Crippen molar-refractivity contribution in [3.8, 4) is 5.75 Å². The average molecular weight is 440 g/mol. The smallest absolute Gasteiger partial charge is 0.418 e. The number of hydrogen-bond acceptors (Lipinski definition) is 6. The average Bonchev–Trinajstić information content (AvgIpc) is 2.71. The molecule has 11 heteroatoms. The molecule has 0 aliphatic rings. The molecule has 1 atom stereocenters. The SMILES string of the molecule is CC(OC(=O)CCCOc1ccccc1)C(=O)Nc1ccc([N+](=O)[O-])cc1C(F)(F)F. The second-order valence-corrected chi connectivity index (χ2v) is 6.37. The van der Waals surface area contributed by atoms with Crippen LogP contribution in [0.3, 0.4) is 0 Å². The minimum Gasteiger partial charge on any atom is -0.494 e. The largest absolute Gasteiger partial charge is 0.494 e. The van der Waals surface area contributed by atoms with Gasteiger partial charge in [0.2, 0.25) is 0 Å². The van der Waals surface area contributed by atoms with E-state index in [4.69, 9.17) is 9.47 Å². The van der Waals surface area contributed by atoms with Crippen molar-refractivity contribution < 1.29 is 37.2 Å². The molecule has 1 N–H and O–H groups in total. The molecule has 1 amide bonds. The number of nitrogens with one attached hydrogen (secondary N) is 1. The summed E-state index contributed by atoms with van der Waals surface area (Å²) >= 11 is 0. The van der Waals surface area contributed by atoms with Gasteiger partial charge >= 0.3 is 12.1 Å². The van der Waals surface area contributed by atoms with Gasteiger partial charge in [-0.15, -0.1) is 0 Å². The minimum absolute atomic E-state index is 0.0597. The summed E-state index contributed by atoms with van der Waals surface area (Å²) in [5, 5.41) is 12.7. The van der Waals surface area contributed by atoms with E-state index in [1.807, 2.05) is 11.4 Å². The molecule has 0 fully saturated rings. The molecule has 0 saturated heterocycles. The molecule has 0 aliphatic heterocycles. The molecular formula is C20H19F3N2O6. The Labute approximate surface area is 175 Å². The predicted molar refractivity (Wildman–Crippen MR) is 103 cm³/mol. The number of anilines is 1. The molecule has 8 nitrogen and oxygen atoms in total. The first-order chi connectivity index (χ1) is 14.6. The third-order valence-electron chi connectivity index (χ3n) is 3.99. The molecule has 0 aromatic heterocycles. The first-order valence-corrected chi connectivity index (χ1v) is 9.11. The van der Waals surface area contributed by atoms with Crippen molar-refractivity contribution >= 4 is 23.3 Å². The predicted octanol–water partition coefficient (Wildman–Crippen LogP) is 4.34. The van der Waals surface area contributed by atoms with Crippen molar-refractivity contribution in [3.63, 3.8) is 0 Å². The van der Waals surface area contributed by atoms with Crippen LogP contribution in [0, 0.1) is 10.1 Å². The lowest BCUT2D eigenvalue weighted by molar-refractivity contribution is -0.385. The summed E-state index contributed by atoms with van der Waals surface area (Å²) in [6.45, 7) is 1.43. The first kappa shape index (κ1) is 23.6. The molecule has 2 aromatic rings. The Balaban J connectivity index is 1.88. The molecule has 0 bridgehead atoms. The van der Waals surface area contributed by atoms with Gasteiger partial charge in [-0.1, -0.05) is 18.2 Å². The van der Waals surface area contributed by atoms with Gasteiger partial charge in [0.1, 0.15) is 5.75 Å². The number of rotatable bonds is 9. The molecule has 2 aromatic carbocycles. The Morgan fingerprint density at radius 1 is 1.16 bits per heavy atom. The normalized spacial score (nSPS) is 12.0. The fourth-order valence-electron chi connectivity index (χ4n) is 2.46. The van der Waals surface area contributed by atoms with Crippen molar-refractivity contribution in [1.29, 1.82) is 0 Å². The van der Waals surface area contributed by atoms with E-state index in [-0.39, 0.29) is 13.0 Å². The zero-order chi connectivity index (χ0) is 23.0. The number of amides is 1. The highest BCUT2D eigenvalue weighted by atomic mass is 19.4. The summed E-state index contributed by atoms with van der Waals surface area (Å²) in [7, 11) is 0. The number of hydrogen-bond donors (Lipinski definition) is 1. The summed E-state index contributed by atoms with van der Waals surface area (Å²) in [4.78, 5) is 33.7. The van der Waals surface area contributed by atoms with Gasteiger partial charge in [-0.3, -0.25) is 19.7 Å². The summed E-state index contributed by atoms with van der Waals surface area (Å²) in [5.41, 5.74) is -2.84. The molecule has 1 unspecified atom stereocenters. The van der Waals surface area contributed by atoms with E-state index in [0.29, 0.717) is 18.2 Å². The van der Waals surface area contributed by atoms with E-state index >= 15 is 0 Å². The summed E-state index contributed by atoms with van der Waals surface area (Å²) in [6, 6.07) is 10.8. The summed E-state index contributed by atoms with van der Waals surface area (Å²) in [6.07, 6.45) is -6.06. The summed E-state index contributed by atoms with van der Waals surface area (Å²) < 4.78 is 49.9. The topological polar surface area (TPSA) is 108 Å². The molecule has 0 heterocycles. The lowest BCUT2D eigenvalue weighted by Gasteiger charge is -2.17. The molecular weight excluding hydrogens is 421 g/mol. The van der Waals surface area contributed by atoms with E-state index in [9.17, 15) is 32.9 Å². The number of esters is 1. The zero-order valence-electron chi connectivity index (χ0n) is 16.3. The van der Waals surface area contributed by atoms with Crippen LogP contribution in [-0.2, 0) is 20.5 Å². The first-order valence-electron chi connectivity index (χ1n) is 9.11. The van der Waals surface area contributed by atoms with Gasteiger partial charge in [0, 0.05) is 18.6 Å². The lowest BCUT2D eigenvalue weighted by atomic mass is 10.1. The minimum atomic E-state index is -4.94. The van der Waals surface area contributed by atoms with Crippen LogP contribution in [0.4, 0.5) is 24.5 Å². The number of alkyl halides is 3. The van der Waals surface area contributed by atoms with E-state index < -0.39 is 46.0 Å². The third kappa shape index (κ3) is 7.28. The maximum Gasteiger partial charge on any atom is 0.418 e. The van der Waals surface area contributed by atoms with E-state index in [1.54, 1.807) is 24.3 Å². The van der Waals surface area contributed by atoms with Gasteiger partial charge in [0.25, 0.3) is 11.6 Å². The van der Waals surface area contributed by atoms with Gasteiger partial charge in [0.05, 0.1) is 22.8 Å². The van der Waals surface area contributed by atoms with Gasteiger partial charge in [-0.2, -0.15) is 13.2 Å². The molecule has 0 radical (unpaired) electrons. The number of nitrogens with zero attached hydrogens (tertiary/aromatic N) is 1. The van der Waals surface area contributed by atoms with Crippen molar-refractivity contribution in [1.82, 2.24) is 0 Å². The maximum absolute atomic E-state index is 13.2. The zero-order valence-corrected chi connectivity index (χ0v) is 16.3. The Hall–Kier alpha value is -3.63. The van der Waals surface area contributed by atoms with Gasteiger partial charge in [0.15, 0.2) is 6.10 Å².